The van der Waals surface area contributed by atoms with Crippen LogP contribution < -0.4 is 5.32 Å². The summed E-state index contributed by atoms with van der Waals surface area (Å²) in [6.45, 7) is 9.17. The fraction of sp³-hybridized carbons (Fsp3) is 0.625. The summed E-state index contributed by atoms with van der Waals surface area (Å²) >= 11 is 0. The zero-order valence-corrected chi connectivity index (χ0v) is 11.6. The molecular weight excluding hydrogens is 206 g/mol. The first-order valence-corrected chi connectivity index (χ1v) is 6.90. The van der Waals surface area contributed by atoms with E-state index in [9.17, 15) is 0 Å². The van der Waals surface area contributed by atoms with E-state index in [2.05, 4.69) is 51.2 Å². The van der Waals surface area contributed by atoms with E-state index < -0.39 is 0 Å². The molecule has 0 aromatic heterocycles. The molecule has 0 bridgehead atoms. The maximum absolute atomic E-state index is 3.77. The van der Waals surface area contributed by atoms with E-state index in [0.29, 0.717) is 6.04 Å². The molecule has 0 spiro atoms. The van der Waals surface area contributed by atoms with Gasteiger partial charge >= 0.3 is 0 Å². The van der Waals surface area contributed by atoms with Crippen molar-refractivity contribution in [2.75, 3.05) is 5.32 Å². The van der Waals surface area contributed by atoms with E-state index >= 15 is 0 Å². The average molecular weight is 231 g/mol. The van der Waals surface area contributed by atoms with Gasteiger partial charge in [-0.1, -0.05) is 32.4 Å². The normalized spacial score (nSPS) is 29.1. The zero-order chi connectivity index (χ0) is 12.4. The standard InChI is InChI=1S/C16H25N/c1-11-8-9-13(3)16(10-11)17-15-7-5-6-12(2)14(15)4/h5-7,11,13,16-17H,8-10H2,1-4H3. The minimum atomic E-state index is 0.652. The largest absolute Gasteiger partial charge is 0.382 e. The maximum Gasteiger partial charge on any atom is 0.0374 e. The fourth-order valence-electron chi connectivity index (χ4n) is 2.84. The zero-order valence-electron chi connectivity index (χ0n) is 11.6. The number of hydrogen-bond donors (Lipinski definition) is 1. The van der Waals surface area contributed by atoms with E-state index in [1.807, 2.05) is 0 Å². The molecule has 1 fully saturated rings. The molecule has 0 heterocycles. The Labute approximate surface area is 106 Å². The minimum Gasteiger partial charge on any atom is -0.382 e. The molecule has 17 heavy (non-hydrogen) atoms. The Morgan fingerprint density at radius 1 is 1.12 bits per heavy atom. The van der Waals surface area contributed by atoms with Crippen LogP contribution in [0, 0.1) is 25.7 Å². The summed E-state index contributed by atoms with van der Waals surface area (Å²) in [7, 11) is 0. The van der Waals surface area contributed by atoms with Crippen LogP contribution in [0.2, 0.25) is 0 Å². The van der Waals surface area contributed by atoms with Crippen LogP contribution >= 0.6 is 0 Å². The second-order valence-corrected chi connectivity index (χ2v) is 5.89. The maximum atomic E-state index is 3.77. The third-order valence-electron chi connectivity index (χ3n) is 4.40. The molecule has 3 unspecified atom stereocenters. The molecule has 0 saturated heterocycles. The highest BCUT2D eigenvalue weighted by atomic mass is 14.9. The Morgan fingerprint density at radius 3 is 2.65 bits per heavy atom. The van der Waals surface area contributed by atoms with Crippen molar-refractivity contribution >= 4 is 5.69 Å². The predicted molar refractivity (Wildman–Crippen MR) is 75.5 cm³/mol. The highest BCUT2D eigenvalue weighted by Gasteiger charge is 2.25. The van der Waals surface area contributed by atoms with Crippen molar-refractivity contribution in [3.8, 4) is 0 Å². The van der Waals surface area contributed by atoms with Gasteiger partial charge in [0.1, 0.15) is 0 Å². The van der Waals surface area contributed by atoms with Gasteiger partial charge in [0, 0.05) is 11.7 Å². The molecule has 1 N–H and O–H groups in total. The van der Waals surface area contributed by atoms with E-state index in [1.165, 1.54) is 36.1 Å². The van der Waals surface area contributed by atoms with Crippen LogP contribution in [0.1, 0.15) is 44.2 Å². The summed E-state index contributed by atoms with van der Waals surface area (Å²) in [5.74, 6) is 1.67. The molecule has 2 rings (SSSR count). The van der Waals surface area contributed by atoms with Gasteiger partial charge in [0.05, 0.1) is 0 Å². The number of anilines is 1. The van der Waals surface area contributed by atoms with E-state index in [4.69, 9.17) is 0 Å². The topological polar surface area (TPSA) is 12.0 Å². The summed E-state index contributed by atoms with van der Waals surface area (Å²) in [5.41, 5.74) is 4.11. The van der Waals surface area contributed by atoms with Gasteiger partial charge in [0.15, 0.2) is 0 Å². The van der Waals surface area contributed by atoms with Gasteiger partial charge in [-0.3, -0.25) is 0 Å². The SMILES string of the molecule is Cc1cccc(NC2CC(C)CCC2C)c1C. The van der Waals surface area contributed by atoms with Crippen molar-refractivity contribution in [2.45, 2.75) is 53.0 Å². The van der Waals surface area contributed by atoms with Gasteiger partial charge in [-0.25, -0.2) is 0 Å². The second kappa shape index (κ2) is 5.12. The average Bonchev–Trinajstić information content (AvgIpc) is 2.30. The van der Waals surface area contributed by atoms with Gasteiger partial charge in [-0.05, 0) is 55.7 Å². The molecule has 0 amide bonds. The lowest BCUT2D eigenvalue weighted by Crippen LogP contribution is -2.33. The van der Waals surface area contributed by atoms with E-state index in [-0.39, 0.29) is 0 Å². The number of benzene rings is 1. The lowest BCUT2D eigenvalue weighted by Gasteiger charge is -2.34. The molecular formula is C16H25N. The lowest BCUT2D eigenvalue weighted by molar-refractivity contribution is 0.280. The summed E-state index contributed by atoms with van der Waals surface area (Å²) in [4.78, 5) is 0. The summed E-state index contributed by atoms with van der Waals surface area (Å²) in [6.07, 6.45) is 4.07. The van der Waals surface area contributed by atoms with Crippen molar-refractivity contribution in [2.24, 2.45) is 11.8 Å². The van der Waals surface area contributed by atoms with Gasteiger partial charge in [0.25, 0.3) is 0 Å². The molecule has 0 radical (unpaired) electrons. The monoisotopic (exact) mass is 231 g/mol. The van der Waals surface area contributed by atoms with Crippen LogP contribution in [-0.2, 0) is 0 Å². The smallest absolute Gasteiger partial charge is 0.0374 e. The van der Waals surface area contributed by atoms with Crippen molar-refractivity contribution in [3.63, 3.8) is 0 Å². The van der Waals surface area contributed by atoms with E-state index in [0.717, 1.165) is 11.8 Å². The third-order valence-corrected chi connectivity index (χ3v) is 4.40. The van der Waals surface area contributed by atoms with Crippen molar-refractivity contribution in [3.05, 3.63) is 29.3 Å². The number of hydrogen-bond acceptors (Lipinski definition) is 1. The highest BCUT2D eigenvalue weighted by Crippen LogP contribution is 2.31. The lowest BCUT2D eigenvalue weighted by atomic mass is 9.80. The van der Waals surface area contributed by atoms with Crippen LogP contribution in [0.15, 0.2) is 18.2 Å². The van der Waals surface area contributed by atoms with Gasteiger partial charge in [0.2, 0.25) is 0 Å². The van der Waals surface area contributed by atoms with Gasteiger partial charge < -0.3 is 5.32 Å². The quantitative estimate of drug-likeness (QED) is 0.788. The number of rotatable bonds is 2. The summed E-state index contributed by atoms with van der Waals surface area (Å²) in [5, 5.41) is 3.77. The van der Waals surface area contributed by atoms with Crippen LogP contribution in [0.25, 0.3) is 0 Å². The van der Waals surface area contributed by atoms with Crippen molar-refractivity contribution in [1.29, 1.82) is 0 Å². The van der Waals surface area contributed by atoms with Crippen LogP contribution in [-0.4, -0.2) is 6.04 Å². The van der Waals surface area contributed by atoms with Gasteiger partial charge in [-0.15, -0.1) is 0 Å². The van der Waals surface area contributed by atoms with Crippen molar-refractivity contribution in [1.82, 2.24) is 0 Å². The Bertz CT molecular complexity index is 383. The number of aryl methyl sites for hydroxylation is 1. The molecule has 1 nitrogen and oxygen atoms in total. The molecule has 94 valence electrons. The van der Waals surface area contributed by atoms with Crippen molar-refractivity contribution < 1.29 is 0 Å². The molecule has 1 heteroatoms. The minimum absolute atomic E-state index is 0.652. The second-order valence-electron chi connectivity index (χ2n) is 5.89. The van der Waals surface area contributed by atoms with Crippen LogP contribution in [0.3, 0.4) is 0 Å². The summed E-state index contributed by atoms with van der Waals surface area (Å²) in [6, 6.07) is 7.21. The Balaban J connectivity index is 2.11. The third kappa shape index (κ3) is 2.83. The molecule has 1 aromatic carbocycles. The Kier molecular flexibility index (Phi) is 3.76. The first-order valence-electron chi connectivity index (χ1n) is 6.90. The number of nitrogens with one attached hydrogen (secondary N) is 1. The molecule has 1 saturated carbocycles. The molecule has 0 aliphatic heterocycles. The van der Waals surface area contributed by atoms with E-state index in [1.54, 1.807) is 0 Å². The highest BCUT2D eigenvalue weighted by molar-refractivity contribution is 5.54. The first kappa shape index (κ1) is 12.5. The van der Waals surface area contributed by atoms with Gasteiger partial charge in [-0.2, -0.15) is 0 Å². The van der Waals surface area contributed by atoms with Crippen LogP contribution in [0.5, 0.6) is 0 Å². The Morgan fingerprint density at radius 2 is 1.88 bits per heavy atom. The summed E-state index contributed by atoms with van der Waals surface area (Å²) < 4.78 is 0. The van der Waals surface area contributed by atoms with Crippen LogP contribution in [0.4, 0.5) is 5.69 Å². The molecule has 1 aliphatic carbocycles. The first-order chi connectivity index (χ1) is 8.08. The fourth-order valence-corrected chi connectivity index (χ4v) is 2.84. The molecule has 3 atom stereocenters. The molecule has 1 aliphatic rings. The Hall–Kier alpha value is -0.980. The predicted octanol–water partition coefficient (Wildman–Crippen LogP) is 4.54. The molecule has 1 aromatic rings.